The van der Waals surface area contributed by atoms with Crippen molar-refractivity contribution < 1.29 is 19.1 Å². The van der Waals surface area contributed by atoms with Gasteiger partial charge < -0.3 is 19.8 Å². The van der Waals surface area contributed by atoms with Crippen LogP contribution in [0, 0.1) is 0 Å². The van der Waals surface area contributed by atoms with Crippen LogP contribution in [0.3, 0.4) is 0 Å². The highest BCUT2D eigenvalue weighted by molar-refractivity contribution is 6.31. The molecule has 0 radical (unpaired) electrons. The molecule has 2 aromatic carbocycles. The Kier molecular flexibility index (Phi) is 5.65. The van der Waals surface area contributed by atoms with Crippen LogP contribution in [0.4, 0.5) is 5.69 Å². The Hall–Kier alpha value is -3.03. The first-order valence-corrected chi connectivity index (χ1v) is 9.96. The van der Waals surface area contributed by atoms with Crippen molar-refractivity contribution in [1.82, 2.24) is 10.3 Å². The van der Waals surface area contributed by atoms with Crippen LogP contribution in [0.2, 0.25) is 5.02 Å². The maximum atomic E-state index is 12.9. The molecule has 1 aromatic heterocycles. The summed E-state index contributed by atoms with van der Waals surface area (Å²) in [5, 5.41) is 4.95. The molecule has 0 unspecified atom stereocenters. The molecule has 1 saturated heterocycles. The molecule has 2 amide bonds. The summed E-state index contributed by atoms with van der Waals surface area (Å²) in [6, 6.07) is 10.1. The van der Waals surface area contributed by atoms with E-state index in [9.17, 15) is 9.59 Å². The molecule has 1 aliphatic rings. The van der Waals surface area contributed by atoms with E-state index in [0.717, 1.165) is 16.5 Å². The summed E-state index contributed by atoms with van der Waals surface area (Å²) in [5.41, 5.74) is 2.56. The quantitative estimate of drug-likeness (QED) is 0.565. The number of carbonyl (C=O) groups is 2. The summed E-state index contributed by atoms with van der Waals surface area (Å²) in [6.45, 7) is 0.554. The Bertz CT molecular complexity index is 1090. The lowest BCUT2D eigenvalue weighted by molar-refractivity contribution is -0.121. The van der Waals surface area contributed by atoms with E-state index in [0.29, 0.717) is 35.2 Å². The first-order chi connectivity index (χ1) is 14.5. The second-order valence-electron chi connectivity index (χ2n) is 7.10. The number of anilines is 1. The highest BCUT2D eigenvalue weighted by Gasteiger charge is 2.39. The van der Waals surface area contributed by atoms with Crippen molar-refractivity contribution in [3.63, 3.8) is 0 Å². The molecule has 1 aliphatic heterocycles. The van der Waals surface area contributed by atoms with Gasteiger partial charge in [0.25, 0.3) is 5.91 Å². The molecule has 1 fully saturated rings. The minimum Gasteiger partial charge on any atom is -0.497 e. The Balaban J connectivity index is 1.45. The molecule has 7 nitrogen and oxygen atoms in total. The van der Waals surface area contributed by atoms with Crippen LogP contribution in [-0.4, -0.2) is 43.6 Å². The maximum absolute atomic E-state index is 12.9. The summed E-state index contributed by atoms with van der Waals surface area (Å²) in [7, 11) is 3.04. The molecule has 4 rings (SSSR count). The minimum absolute atomic E-state index is 0.109. The molecular formula is C22H22ClN3O4. The molecular weight excluding hydrogens is 406 g/mol. The number of carbonyl (C=O) groups excluding carboxylic acids is 2. The van der Waals surface area contributed by atoms with E-state index in [1.54, 1.807) is 18.2 Å². The van der Waals surface area contributed by atoms with Gasteiger partial charge in [-0.05, 0) is 30.2 Å². The average Bonchev–Trinajstić information content (AvgIpc) is 3.27. The maximum Gasteiger partial charge on any atom is 0.251 e. The fourth-order valence-electron chi connectivity index (χ4n) is 3.72. The molecule has 2 heterocycles. The molecule has 3 aromatic rings. The lowest BCUT2D eigenvalue weighted by atomic mass is 10.1. The number of rotatable bonds is 7. The van der Waals surface area contributed by atoms with Crippen LogP contribution < -0.4 is 19.7 Å². The fraction of sp³-hybridized carbons (Fsp3) is 0.273. The third kappa shape index (κ3) is 3.86. The van der Waals surface area contributed by atoms with E-state index in [1.165, 1.54) is 19.1 Å². The van der Waals surface area contributed by atoms with Crippen molar-refractivity contribution in [2.45, 2.75) is 18.9 Å². The van der Waals surface area contributed by atoms with Crippen LogP contribution in [0.25, 0.3) is 10.9 Å². The molecule has 0 bridgehead atoms. The van der Waals surface area contributed by atoms with Crippen molar-refractivity contribution in [2.75, 3.05) is 25.7 Å². The minimum atomic E-state index is -0.566. The molecule has 0 aliphatic carbocycles. The number of hydrogen-bond donors (Lipinski definition) is 2. The van der Waals surface area contributed by atoms with Crippen LogP contribution in [0.1, 0.15) is 12.0 Å². The molecule has 30 heavy (non-hydrogen) atoms. The van der Waals surface area contributed by atoms with Gasteiger partial charge in [0.1, 0.15) is 11.5 Å². The van der Waals surface area contributed by atoms with Gasteiger partial charge in [-0.15, -0.1) is 0 Å². The summed E-state index contributed by atoms with van der Waals surface area (Å²) in [5.74, 6) is 0.489. The number of fused-ring (bicyclic) bond motifs is 1. The summed E-state index contributed by atoms with van der Waals surface area (Å²) in [6.07, 6.45) is 2.75. The average molecular weight is 428 g/mol. The standard InChI is InChI=1S/C22H22ClN3O4/c1-29-16-8-15(9-17(10-16)30-2)26-21(27)11-20(22(26)28)24-6-5-13-12-25-19-4-3-14(23)7-18(13)19/h3-4,7-10,12,20,24-25H,5-6,11H2,1-2H3/t20-/m1/s1. The van der Waals surface area contributed by atoms with E-state index in [1.807, 2.05) is 24.4 Å². The molecule has 1 atom stereocenters. The number of H-pyrrole nitrogens is 1. The Morgan fingerprint density at radius 1 is 1.13 bits per heavy atom. The third-order valence-corrected chi connectivity index (χ3v) is 5.49. The number of halogens is 1. The topological polar surface area (TPSA) is 83.7 Å². The molecule has 0 spiro atoms. The first kappa shape index (κ1) is 20.3. The van der Waals surface area contributed by atoms with Gasteiger partial charge in [-0.3, -0.25) is 9.59 Å². The Morgan fingerprint density at radius 2 is 1.87 bits per heavy atom. The number of ether oxygens (including phenoxy) is 2. The van der Waals surface area contributed by atoms with Crippen LogP contribution >= 0.6 is 11.6 Å². The number of amides is 2. The second kappa shape index (κ2) is 8.38. The highest BCUT2D eigenvalue weighted by Crippen LogP contribution is 2.31. The summed E-state index contributed by atoms with van der Waals surface area (Å²) < 4.78 is 10.5. The van der Waals surface area contributed by atoms with Gasteiger partial charge in [0, 0.05) is 46.9 Å². The van der Waals surface area contributed by atoms with Gasteiger partial charge in [-0.2, -0.15) is 0 Å². The van der Waals surface area contributed by atoms with Crippen molar-refractivity contribution in [3.05, 3.63) is 53.2 Å². The number of nitrogens with zero attached hydrogens (tertiary/aromatic N) is 1. The highest BCUT2D eigenvalue weighted by atomic mass is 35.5. The van der Waals surface area contributed by atoms with Crippen molar-refractivity contribution in [1.29, 1.82) is 0 Å². The Labute approximate surface area is 178 Å². The van der Waals surface area contributed by atoms with Gasteiger partial charge in [0.2, 0.25) is 5.91 Å². The monoisotopic (exact) mass is 427 g/mol. The number of benzene rings is 2. The lowest BCUT2D eigenvalue weighted by Crippen LogP contribution is -2.39. The predicted molar refractivity (Wildman–Crippen MR) is 115 cm³/mol. The number of aromatic nitrogens is 1. The van der Waals surface area contributed by atoms with E-state index in [4.69, 9.17) is 21.1 Å². The van der Waals surface area contributed by atoms with E-state index in [-0.39, 0.29) is 18.2 Å². The van der Waals surface area contributed by atoms with Gasteiger partial charge in [-0.25, -0.2) is 4.90 Å². The van der Waals surface area contributed by atoms with E-state index < -0.39 is 6.04 Å². The molecule has 2 N–H and O–H groups in total. The zero-order valence-corrected chi connectivity index (χ0v) is 17.5. The normalized spacial score (nSPS) is 16.5. The zero-order chi connectivity index (χ0) is 21.3. The summed E-state index contributed by atoms with van der Waals surface area (Å²) in [4.78, 5) is 29.9. The van der Waals surface area contributed by atoms with Crippen LogP contribution in [0.15, 0.2) is 42.6 Å². The SMILES string of the molecule is COc1cc(OC)cc(N2C(=O)C[C@@H](NCCc3c[nH]c4ccc(Cl)cc34)C2=O)c1. The fourth-order valence-corrected chi connectivity index (χ4v) is 3.89. The van der Waals surface area contributed by atoms with E-state index >= 15 is 0 Å². The van der Waals surface area contributed by atoms with Gasteiger partial charge in [-0.1, -0.05) is 11.6 Å². The van der Waals surface area contributed by atoms with E-state index in [2.05, 4.69) is 10.3 Å². The Morgan fingerprint density at radius 3 is 2.57 bits per heavy atom. The predicted octanol–water partition coefficient (Wildman–Crippen LogP) is 3.30. The van der Waals surface area contributed by atoms with Crippen molar-refractivity contribution in [2.24, 2.45) is 0 Å². The van der Waals surface area contributed by atoms with Gasteiger partial charge in [0.05, 0.1) is 32.4 Å². The van der Waals surface area contributed by atoms with Gasteiger partial charge in [0.15, 0.2) is 0 Å². The molecule has 156 valence electrons. The largest absolute Gasteiger partial charge is 0.497 e. The number of methoxy groups -OCH3 is 2. The van der Waals surface area contributed by atoms with Crippen LogP contribution in [0.5, 0.6) is 11.5 Å². The van der Waals surface area contributed by atoms with Crippen LogP contribution in [-0.2, 0) is 16.0 Å². The number of aromatic amines is 1. The number of nitrogens with one attached hydrogen (secondary N) is 2. The zero-order valence-electron chi connectivity index (χ0n) is 16.7. The number of imide groups is 1. The number of hydrogen-bond acceptors (Lipinski definition) is 5. The molecule has 8 heteroatoms. The van der Waals surface area contributed by atoms with Crippen molar-refractivity contribution in [3.8, 4) is 11.5 Å². The van der Waals surface area contributed by atoms with Crippen molar-refractivity contribution >= 4 is 40.0 Å². The van der Waals surface area contributed by atoms with Gasteiger partial charge >= 0.3 is 0 Å². The lowest BCUT2D eigenvalue weighted by Gasteiger charge is -2.17. The molecule has 0 saturated carbocycles. The second-order valence-corrected chi connectivity index (χ2v) is 7.54. The third-order valence-electron chi connectivity index (χ3n) is 5.26. The summed E-state index contributed by atoms with van der Waals surface area (Å²) >= 11 is 6.10. The smallest absolute Gasteiger partial charge is 0.251 e. The first-order valence-electron chi connectivity index (χ1n) is 9.59.